The maximum Gasteiger partial charge on any atom is 0.0221 e. The van der Waals surface area contributed by atoms with Gasteiger partial charge in [0.15, 0.2) is 0 Å². The molecular weight excluding hydrogens is 124 g/mol. The van der Waals surface area contributed by atoms with Crippen molar-refractivity contribution in [1.82, 2.24) is 5.32 Å². The van der Waals surface area contributed by atoms with E-state index in [1.54, 1.807) is 6.20 Å². The van der Waals surface area contributed by atoms with E-state index in [1.807, 2.05) is 27.0 Å². The number of hydrogen-bond donors (Lipinski definition) is 2. The van der Waals surface area contributed by atoms with Gasteiger partial charge in [0.2, 0.25) is 0 Å². The zero-order chi connectivity index (χ0) is 7.98. The molecule has 2 N–H and O–H groups in total. The monoisotopic (exact) mass is 138 g/mol. The van der Waals surface area contributed by atoms with Crippen LogP contribution in [-0.4, -0.2) is 6.21 Å². The van der Waals surface area contributed by atoms with Gasteiger partial charge in [-0.15, -0.1) is 0 Å². The molecule has 0 amide bonds. The molecule has 0 aromatic carbocycles. The van der Waals surface area contributed by atoms with E-state index in [0.29, 0.717) is 0 Å². The summed E-state index contributed by atoms with van der Waals surface area (Å²) in [5.41, 5.74) is 2.13. The van der Waals surface area contributed by atoms with E-state index in [0.717, 1.165) is 5.57 Å². The first kappa shape index (κ1) is 8.95. The molecule has 0 radical (unpaired) electrons. The van der Waals surface area contributed by atoms with Crippen molar-refractivity contribution in [1.29, 1.82) is 5.41 Å². The second kappa shape index (κ2) is 4.79. The highest BCUT2D eigenvalue weighted by molar-refractivity contribution is 5.74. The summed E-state index contributed by atoms with van der Waals surface area (Å²) in [4.78, 5) is 0. The van der Waals surface area contributed by atoms with Crippen LogP contribution >= 0.6 is 0 Å². The SMILES string of the molecule is CC(C)=CN/C=C(/C)C=N. The Hall–Kier alpha value is -1.05. The Bertz CT molecular complexity index is 162. The van der Waals surface area contributed by atoms with Gasteiger partial charge in [0.1, 0.15) is 0 Å². The molecule has 10 heavy (non-hydrogen) atoms. The lowest BCUT2D eigenvalue weighted by atomic mass is 10.3. The number of rotatable bonds is 3. The van der Waals surface area contributed by atoms with Crippen LogP contribution < -0.4 is 5.32 Å². The minimum Gasteiger partial charge on any atom is -0.367 e. The van der Waals surface area contributed by atoms with Gasteiger partial charge in [-0.25, -0.2) is 0 Å². The van der Waals surface area contributed by atoms with Crippen molar-refractivity contribution in [2.45, 2.75) is 20.8 Å². The summed E-state index contributed by atoms with van der Waals surface area (Å²) in [6.07, 6.45) is 5.00. The third-order valence-electron chi connectivity index (χ3n) is 0.911. The van der Waals surface area contributed by atoms with Crippen molar-refractivity contribution in [3.63, 3.8) is 0 Å². The van der Waals surface area contributed by atoms with Crippen LogP contribution in [0.1, 0.15) is 20.8 Å². The molecular formula is C8H14N2. The fraction of sp³-hybridized carbons (Fsp3) is 0.375. The van der Waals surface area contributed by atoms with Crippen LogP contribution in [0.15, 0.2) is 23.5 Å². The molecule has 0 aliphatic heterocycles. The Morgan fingerprint density at radius 2 is 1.80 bits per heavy atom. The zero-order valence-corrected chi connectivity index (χ0v) is 6.73. The van der Waals surface area contributed by atoms with Gasteiger partial charge in [0.05, 0.1) is 0 Å². The van der Waals surface area contributed by atoms with E-state index in [9.17, 15) is 0 Å². The maximum absolute atomic E-state index is 6.84. The van der Waals surface area contributed by atoms with E-state index in [1.165, 1.54) is 11.8 Å². The Kier molecular flexibility index (Phi) is 4.29. The second-order valence-corrected chi connectivity index (χ2v) is 2.42. The van der Waals surface area contributed by atoms with Gasteiger partial charge >= 0.3 is 0 Å². The fourth-order valence-electron chi connectivity index (χ4n) is 0.381. The normalized spacial score (nSPS) is 10.5. The molecule has 0 saturated carbocycles. The zero-order valence-electron chi connectivity index (χ0n) is 6.73. The highest BCUT2D eigenvalue weighted by Gasteiger charge is 1.77. The first-order valence-electron chi connectivity index (χ1n) is 3.23. The van der Waals surface area contributed by atoms with E-state index >= 15 is 0 Å². The molecule has 0 spiro atoms. The molecule has 0 atom stereocenters. The predicted molar refractivity (Wildman–Crippen MR) is 45.1 cm³/mol. The van der Waals surface area contributed by atoms with Gasteiger partial charge in [0.25, 0.3) is 0 Å². The third-order valence-corrected chi connectivity index (χ3v) is 0.911. The van der Waals surface area contributed by atoms with Gasteiger partial charge in [-0.1, -0.05) is 5.57 Å². The number of nitrogens with one attached hydrogen (secondary N) is 2. The Labute approximate surface area is 62.1 Å². The van der Waals surface area contributed by atoms with Crippen LogP contribution in [0.3, 0.4) is 0 Å². The van der Waals surface area contributed by atoms with E-state index in [-0.39, 0.29) is 0 Å². The topological polar surface area (TPSA) is 35.9 Å². The molecule has 0 aliphatic carbocycles. The Morgan fingerprint density at radius 1 is 1.20 bits per heavy atom. The summed E-state index contributed by atoms with van der Waals surface area (Å²) in [5.74, 6) is 0. The van der Waals surface area contributed by atoms with Crippen LogP contribution in [0.25, 0.3) is 0 Å². The van der Waals surface area contributed by atoms with Gasteiger partial charge in [-0.05, 0) is 32.5 Å². The molecule has 2 nitrogen and oxygen atoms in total. The highest BCUT2D eigenvalue weighted by atomic mass is 14.8. The lowest BCUT2D eigenvalue weighted by Gasteiger charge is -1.92. The van der Waals surface area contributed by atoms with Crippen molar-refractivity contribution >= 4 is 6.21 Å². The first-order valence-corrected chi connectivity index (χ1v) is 3.23. The van der Waals surface area contributed by atoms with E-state index in [2.05, 4.69) is 5.32 Å². The van der Waals surface area contributed by atoms with Crippen molar-refractivity contribution in [2.24, 2.45) is 0 Å². The van der Waals surface area contributed by atoms with Crippen LogP contribution in [0.2, 0.25) is 0 Å². The van der Waals surface area contributed by atoms with Crippen LogP contribution in [0, 0.1) is 5.41 Å². The van der Waals surface area contributed by atoms with Crippen molar-refractivity contribution < 1.29 is 0 Å². The fourth-order valence-corrected chi connectivity index (χ4v) is 0.381. The third kappa shape index (κ3) is 5.09. The molecule has 0 fully saturated rings. The summed E-state index contributed by atoms with van der Waals surface area (Å²) in [5, 5.41) is 9.80. The predicted octanol–water partition coefficient (Wildman–Crippen LogP) is 2.05. The summed E-state index contributed by atoms with van der Waals surface area (Å²) in [7, 11) is 0. The largest absolute Gasteiger partial charge is 0.367 e. The van der Waals surface area contributed by atoms with E-state index < -0.39 is 0 Å². The molecule has 56 valence electrons. The minimum atomic E-state index is 0.914. The number of hydrogen-bond acceptors (Lipinski definition) is 2. The molecule has 0 aliphatic rings. The molecule has 0 saturated heterocycles. The van der Waals surface area contributed by atoms with Gasteiger partial charge < -0.3 is 10.7 Å². The van der Waals surface area contributed by atoms with Gasteiger partial charge in [-0.3, -0.25) is 0 Å². The molecule has 0 unspecified atom stereocenters. The summed E-state index contributed by atoms with van der Waals surface area (Å²) in [6.45, 7) is 5.90. The van der Waals surface area contributed by atoms with Crippen molar-refractivity contribution in [3.8, 4) is 0 Å². The maximum atomic E-state index is 6.84. The van der Waals surface area contributed by atoms with Gasteiger partial charge in [0, 0.05) is 12.4 Å². The Balaban J connectivity index is 3.74. The molecule has 0 aromatic rings. The van der Waals surface area contributed by atoms with Crippen LogP contribution in [0.5, 0.6) is 0 Å². The smallest absolute Gasteiger partial charge is 0.0221 e. The van der Waals surface area contributed by atoms with Crippen molar-refractivity contribution in [2.75, 3.05) is 0 Å². The minimum absolute atomic E-state index is 0.914. The summed E-state index contributed by atoms with van der Waals surface area (Å²) in [6, 6.07) is 0. The molecule has 0 rings (SSSR count). The molecule has 0 aromatic heterocycles. The van der Waals surface area contributed by atoms with Crippen LogP contribution in [-0.2, 0) is 0 Å². The average molecular weight is 138 g/mol. The summed E-state index contributed by atoms with van der Waals surface area (Å²) >= 11 is 0. The average Bonchev–Trinajstić information content (AvgIpc) is 1.87. The first-order chi connectivity index (χ1) is 4.66. The highest BCUT2D eigenvalue weighted by Crippen LogP contribution is 1.86. The Morgan fingerprint density at radius 3 is 2.20 bits per heavy atom. The van der Waals surface area contributed by atoms with E-state index in [4.69, 9.17) is 5.41 Å². The standard InChI is InChI=1S/C8H14N2/c1-7(2)5-10-6-8(3)4-9/h4-6,9-10H,1-3H3/b8-6-,9-4?. The lowest BCUT2D eigenvalue weighted by Crippen LogP contribution is -1.95. The molecule has 2 heteroatoms. The molecule has 0 heterocycles. The van der Waals surface area contributed by atoms with Crippen molar-refractivity contribution in [3.05, 3.63) is 23.5 Å². The summed E-state index contributed by atoms with van der Waals surface area (Å²) < 4.78 is 0. The number of allylic oxidation sites excluding steroid dienone is 2. The van der Waals surface area contributed by atoms with Gasteiger partial charge in [-0.2, -0.15) is 0 Å². The second-order valence-electron chi connectivity index (χ2n) is 2.42. The quantitative estimate of drug-likeness (QED) is 0.575. The molecule has 0 bridgehead atoms. The van der Waals surface area contributed by atoms with Crippen LogP contribution in [0.4, 0.5) is 0 Å². The lowest BCUT2D eigenvalue weighted by molar-refractivity contribution is 1.13.